The monoisotopic (exact) mass is 340 g/mol. The van der Waals surface area contributed by atoms with Crippen LogP contribution in [0, 0.1) is 0 Å². The number of fused-ring (bicyclic) bond motifs is 2. The number of hydrogen-bond donors (Lipinski definition) is 2. The zero-order valence-electron chi connectivity index (χ0n) is 13.5. The number of rotatable bonds is 2. The van der Waals surface area contributed by atoms with E-state index in [-0.39, 0.29) is 0 Å². The Morgan fingerprint density at radius 1 is 1.08 bits per heavy atom. The van der Waals surface area contributed by atoms with Crippen molar-refractivity contribution in [1.29, 1.82) is 0 Å². The molecule has 0 aliphatic carbocycles. The molecular weight excluding hydrogens is 324 g/mol. The van der Waals surface area contributed by atoms with Gasteiger partial charge in [0.1, 0.15) is 19.0 Å². The summed E-state index contributed by atoms with van der Waals surface area (Å²) in [6.07, 6.45) is 0. The van der Waals surface area contributed by atoms with Gasteiger partial charge in [-0.05, 0) is 31.2 Å². The number of hydrogen-bond acceptors (Lipinski definition) is 5. The predicted octanol–water partition coefficient (Wildman–Crippen LogP) is 2.19. The van der Waals surface area contributed by atoms with Crippen molar-refractivity contribution in [3.8, 4) is 17.2 Å². The Balaban J connectivity index is 1.57. The molecule has 2 heterocycles. The fourth-order valence-corrected chi connectivity index (χ4v) is 2.69. The fraction of sp³-hybridized carbons (Fsp3) is 0.222. The van der Waals surface area contributed by atoms with E-state index in [1.165, 1.54) is 6.92 Å². The summed E-state index contributed by atoms with van der Waals surface area (Å²) in [4.78, 5) is 25.1. The van der Waals surface area contributed by atoms with Gasteiger partial charge < -0.3 is 24.8 Å². The van der Waals surface area contributed by atoms with Crippen LogP contribution in [0.5, 0.6) is 17.2 Å². The van der Waals surface area contributed by atoms with Crippen molar-refractivity contribution in [2.24, 2.45) is 0 Å². The highest BCUT2D eigenvalue weighted by atomic mass is 16.6. The Hall–Kier alpha value is -3.22. The first-order valence-electron chi connectivity index (χ1n) is 7.87. The van der Waals surface area contributed by atoms with Crippen LogP contribution in [-0.2, 0) is 9.59 Å². The van der Waals surface area contributed by atoms with E-state index in [2.05, 4.69) is 10.6 Å². The summed E-state index contributed by atoms with van der Waals surface area (Å²) in [7, 11) is 0. The van der Waals surface area contributed by atoms with Crippen LogP contribution < -0.4 is 24.8 Å². The lowest BCUT2D eigenvalue weighted by molar-refractivity contribution is -0.143. The third-order valence-corrected chi connectivity index (χ3v) is 4.12. The molecule has 7 heteroatoms. The Morgan fingerprint density at radius 3 is 2.68 bits per heavy atom. The first kappa shape index (κ1) is 15.3. The van der Waals surface area contributed by atoms with Gasteiger partial charge in [-0.25, -0.2) is 0 Å². The molecule has 2 N–H and O–H groups in total. The lowest BCUT2D eigenvalue weighted by atomic mass is 10.0. The molecule has 2 aliphatic rings. The Bertz CT molecular complexity index is 866. The van der Waals surface area contributed by atoms with Crippen LogP contribution in [0.3, 0.4) is 0 Å². The predicted molar refractivity (Wildman–Crippen MR) is 90.2 cm³/mol. The van der Waals surface area contributed by atoms with Crippen LogP contribution >= 0.6 is 0 Å². The SMILES string of the molecule is CC1(C(=O)Nc2ccc3c(c2)OCCO3)Oc2ccccc2NC1=O. The van der Waals surface area contributed by atoms with Gasteiger partial charge in [-0.3, -0.25) is 9.59 Å². The van der Waals surface area contributed by atoms with E-state index < -0.39 is 17.4 Å². The molecule has 0 aromatic heterocycles. The molecule has 2 aliphatic heterocycles. The lowest BCUT2D eigenvalue weighted by Crippen LogP contribution is -2.56. The van der Waals surface area contributed by atoms with Gasteiger partial charge in [-0.2, -0.15) is 0 Å². The molecule has 2 aromatic rings. The molecule has 0 radical (unpaired) electrons. The Morgan fingerprint density at radius 2 is 1.84 bits per heavy atom. The van der Waals surface area contributed by atoms with Gasteiger partial charge in [-0.15, -0.1) is 0 Å². The number of ether oxygens (including phenoxy) is 3. The Kier molecular flexibility index (Phi) is 3.49. The molecule has 128 valence electrons. The van der Waals surface area contributed by atoms with Crippen molar-refractivity contribution in [2.75, 3.05) is 23.8 Å². The van der Waals surface area contributed by atoms with E-state index in [0.29, 0.717) is 41.8 Å². The Labute approximate surface area is 143 Å². The standard InChI is InChI=1S/C18H16N2O5/c1-18(17(22)20-12-4-2-3-5-13(12)25-18)16(21)19-11-6-7-14-15(10-11)24-9-8-23-14/h2-7,10H,8-9H2,1H3,(H,19,21)(H,20,22). The van der Waals surface area contributed by atoms with Gasteiger partial charge in [0, 0.05) is 11.8 Å². The molecule has 1 unspecified atom stereocenters. The van der Waals surface area contributed by atoms with Crippen LogP contribution in [-0.4, -0.2) is 30.6 Å². The first-order chi connectivity index (χ1) is 12.1. The number of benzene rings is 2. The number of carbonyl (C=O) groups is 2. The average molecular weight is 340 g/mol. The van der Waals surface area contributed by atoms with Gasteiger partial charge in [0.05, 0.1) is 5.69 Å². The second-order valence-electron chi connectivity index (χ2n) is 5.90. The molecule has 7 nitrogen and oxygen atoms in total. The summed E-state index contributed by atoms with van der Waals surface area (Å²) in [6, 6.07) is 12.0. The largest absolute Gasteiger partial charge is 0.486 e. The van der Waals surface area contributed by atoms with E-state index in [9.17, 15) is 9.59 Å². The molecule has 0 bridgehead atoms. The average Bonchev–Trinajstić information content (AvgIpc) is 2.62. The molecule has 25 heavy (non-hydrogen) atoms. The topological polar surface area (TPSA) is 85.9 Å². The van der Waals surface area contributed by atoms with Gasteiger partial charge in [0.2, 0.25) is 0 Å². The molecular formula is C18H16N2O5. The van der Waals surface area contributed by atoms with Crippen LogP contribution in [0.2, 0.25) is 0 Å². The maximum atomic E-state index is 12.7. The number of amides is 2. The minimum Gasteiger partial charge on any atom is -0.486 e. The fourth-order valence-electron chi connectivity index (χ4n) is 2.69. The summed E-state index contributed by atoms with van der Waals surface area (Å²) in [5.41, 5.74) is -0.649. The lowest BCUT2D eigenvalue weighted by Gasteiger charge is -2.33. The van der Waals surface area contributed by atoms with E-state index in [1.807, 2.05) is 0 Å². The van der Waals surface area contributed by atoms with E-state index in [1.54, 1.807) is 42.5 Å². The third-order valence-electron chi connectivity index (χ3n) is 4.12. The maximum Gasteiger partial charge on any atom is 0.278 e. The zero-order chi connectivity index (χ0) is 17.4. The molecule has 2 aromatic carbocycles. The zero-order valence-corrected chi connectivity index (χ0v) is 13.5. The van der Waals surface area contributed by atoms with Crippen molar-refractivity contribution >= 4 is 23.2 Å². The first-order valence-corrected chi connectivity index (χ1v) is 7.87. The molecule has 2 amide bonds. The van der Waals surface area contributed by atoms with Crippen molar-refractivity contribution in [3.63, 3.8) is 0 Å². The van der Waals surface area contributed by atoms with Gasteiger partial charge in [0.25, 0.3) is 17.4 Å². The third kappa shape index (κ3) is 2.63. The summed E-state index contributed by atoms with van der Waals surface area (Å²) < 4.78 is 16.6. The second kappa shape index (κ2) is 5.70. The number of anilines is 2. The van der Waals surface area contributed by atoms with Crippen molar-refractivity contribution in [2.45, 2.75) is 12.5 Å². The smallest absolute Gasteiger partial charge is 0.278 e. The summed E-state index contributed by atoms with van der Waals surface area (Å²) >= 11 is 0. The maximum absolute atomic E-state index is 12.7. The molecule has 0 saturated heterocycles. The normalized spacial score (nSPS) is 20.8. The van der Waals surface area contributed by atoms with Crippen LogP contribution in [0.1, 0.15) is 6.92 Å². The van der Waals surface area contributed by atoms with Crippen molar-refractivity contribution in [1.82, 2.24) is 0 Å². The quantitative estimate of drug-likeness (QED) is 0.819. The summed E-state index contributed by atoms with van der Waals surface area (Å²) in [6.45, 7) is 2.38. The second-order valence-corrected chi connectivity index (χ2v) is 5.90. The molecule has 0 saturated carbocycles. The van der Waals surface area contributed by atoms with Gasteiger partial charge in [-0.1, -0.05) is 12.1 Å². The highest BCUT2D eigenvalue weighted by Crippen LogP contribution is 2.35. The highest BCUT2D eigenvalue weighted by molar-refractivity contribution is 6.19. The summed E-state index contributed by atoms with van der Waals surface area (Å²) in [5.74, 6) is 0.518. The molecule has 1 atom stereocenters. The van der Waals surface area contributed by atoms with Crippen LogP contribution in [0.4, 0.5) is 11.4 Å². The number of carbonyl (C=O) groups excluding carboxylic acids is 2. The van der Waals surface area contributed by atoms with E-state index in [0.717, 1.165) is 0 Å². The van der Waals surface area contributed by atoms with Gasteiger partial charge in [0.15, 0.2) is 11.5 Å². The minimum absolute atomic E-state index is 0.446. The number of para-hydroxylation sites is 2. The van der Waals surface area contributed by atoms with Crippen LogP contribution in [0.15, 0.2) is 42.5 Å². The molecule has 0 fully saturated rings. The van der Waals surface area contributed by atoms with E-state index >= 15 is 0 Å². The minimum atomic E-state index is -1.68. The summed E-state index contributed by atoms with van der Waals surface area (Å²) in [5, 5.41) is 5.40. The highest BCUT2D eigenvalue weighted by Gasteiger charge is 2.47. The molecule has 4 rings (SSSR count). The van der Waals surface area contributed by atoms with Gasteiger partial charge >= 0.3 is 0 Å². The van der Waals surface area contributed by atoms with Crippen molar-refractivity contribution < 1.29 is 23.8 Å². The molecule has 0 spiro atoms. The van der Waals surface area contributed by atoms with E-state index in [4.69, 9.17) is 14.2 Å². The van der Waals surface area contributed by atoms with Crippen molar-refractivity contribution in [3.05, 3.63) is 42.5 Å². The van der Waals surface area contributed by atoms with Crippen LogP contribution in [0.25, 0.3) is 0 Å². The number of nitrogens with one attached hydrogen (secondary N) is 2.